The van der Waals surface area contributed by atoms with Crippen molar-refractivity contribution in [3.63, 3.8) is 0 Å². The molecule has 5 N–H and O–H groups in total. The number of aromatic hydroxyl groups is 1. The third kappa shape index (κ3) is 11.3. The molecular weight excluding hydrogens is 811 g/mol. The third-order valence-electron chi connectivity index (χ3n) is 12.2. The van der Waals surface area contributed by atoms with Gasteiger partial charge in [0.05, 0.1) is 23.2 Å². The van der Waals surface area contributed by atoms with Crippen molar-refractivity contribution in [3.8, 4) is 11.5 Å². The Bertz CT molecular complexity index is 2560. The topological polar surface area (TPSA) is 166 Å². The van der Waals surface area contributed by atoms with E-state index >= 15 is 0 Å². The molecule has 9 rings (SSSR count). The monoisotopic (exact) mass is 865 g/mol. The predicted molar refractivity (Wildman–Crippen MR) is 244 cm³/mol. The number of fused-ring (bicyclic) bond motifs is 4. The minimum absolute atomic E-state index is 0.0447. The van der Waals surface area contributed by atoms with Gasteiger partial charge < -0.3 is 40.0 Å². The Balaban J connectivity index is 0.758. The zero-order chi connectivity index (χ0) is 44.4. The average Bonchev–Trinajstić information content (AvgIpc) is 3.32. The quantitative estimate of drug-likeness (QED) is 0.0575. The molecule has 3 saturated heterocycles. The van der Waals surface area contributed by atoms with Gasteiger partial charge in [0.2, 0.25) is 5.56 Å². The van der Waals surface area contributed by atoms with Crippen LogP contribution in [0.15, 0.2) is 132 Å². The van der Waals surface area contributed by atoms with Gasteiger partial charge in [-0.2, -0.15) is 0 Å². The molecule has 13 nitrogen and oxygen atoms in total. The van der Waals surface area contributed by atoms with Crippen molar-refractivity contribution < 1.29 is 34.0 Å². The number of benzene rings is 5. The number of amides is 1. The maximum absolute atomic E-state index is 13.2. The smallest absolute Gasteiger partial charge is 0.408 e. The second kappa shape index (κ2) is 20.8. The van der Waals surface area contributed by atoms with E-state index in [1.54, 1.807) is 24.3 Å². The van der Waals surface area contributed by atoms with Gasteiger partial charge in [-0.25, -0.2) is 9.59 Å². The molecule has 1 unspecified atom stereocenters. The maximum Gasteiger partial charge on any atom is 0.408 e. The molecule has 0 saturated carbocycles. The van der Waals surface area contributed by atoms with Gasteiger partial charge in [-0.1, -0.05) is 84.9 Å². The minimum atomic E-state index is -0.839. The van der Waals surface area contributed by atoms with E-state index in [-0.39, 0.29) is 30.6 Å². The summed E-state index contributed by atoms with van der Waals surface area (Å²) in [5, 5.41) is 28.0. The number of pyridine rings is 1. The Kier molecular flexibility index (Phi) is 14.3. The van der Waals surface area contributed by atoms with E-state index in [0.29, 0.717) is 59.9 Å². The number of alkyl carbamates (subject to hydrolysis) is 1. The van der Waals surface area contributed by atoms with Crippen molar-refractivity contribution >= 4 is 23.0 Å². The van der Waals surface area contributed by atoms with E-state index in [9.17, 15) is 24.6 Å². The molecule has 4 heterocycles. The number of aliphatic hydroxyl groups excluding tert-OH is 1. The summed E-state index contributed by atoms with van der Waals surface area (Å²) in [5.74, 6) is 0.635. The minimum Gasteiger partial charge on any atom is -0.506 e. The van der Waals surface area contributed by atoms with E-state index in [1.807, 2.05) is 85.9 Å². The fraction of sp³-hybridized carbons (Fsp3) is 0.314. The number of ether oxygens (including phenoxy) is 3. The lowest BCUT2D eigenvalue weighted by molar-refractivity contribution is -0.0336. The van der Waals surface area contributed by atoms with Gasteiger partial charge in [0.15, 0.2) is 0 Å². The Morgan fingerprint density at radius 3 is 2.34 bits per heavy atom. The first-order valence-electron chi connectivity index (χ1n) is 21.9. The summed E-state index contributed by atoms with van der Waals surface area (Å²) in [6, 6.07) is 38.6. The van der Waals surface area contributed by atoms with Gasteiger partial charge in [0, 0.05) is 44.2 Å². The van der Waals surface area contributed by atoms with E-state index in [4.69, 9.17) is 14.2 Å². The van der Waals surface area contributed by atoms with Crippen LogP contribution in [-0.2, 0) is 29.2 Å². The van der Waals surface area contributed by atoms with Crippen molar-refractivity contribution in [2.45, 2.75) is 50.8 Å². The number of carbonyl (C=O) groups is 2. The van der Waals surface area contributed by atoms with E-state index in [1.165, 1.54) is 12.1 Å². The summed E-state index contributed by atoms with van der Waals surface area (Å²) >= 11 is 0. The van der Waals surface area contributed by atoms with E-state index in [2.05, 4.69) is 37.6 Å². The highest BCUT2D eigenvalue weighted by molar-refractivity contribution is 5.89. The van der Waals surface area contributed by atoms with Crippen molar-refractivity contribution in [2.24, 2.45) is 5.92 Å². The van der Waals surface area contributed by atoms with E-state index in [0.717, 1.165) is 60.3 Å². The van der Waals surface area contributed by atoms with Crippen molar-refractivity contribution in [1.82, 2.24) is 25.4 Å². The molecule has 13 heteroatoms. The SMILES string of the molecule is CN(CCOC(=O)c1ccc(COc2cccc(C(NC(=O)O[C@H]3CN4CCC3CC4)c3ccccc3)c2)cc1)Cc1ccc(CNC[C@H](O)c2ccc(O)c3[nH]c(=O)ccc23)cc1. The number of aliphatic hydroxyl groups is 1. The summed E-state index contributed by atoms with van der Waals surface area (Å²) in [6.45, 7) is 5.54. The lowest BCUT2D eigenvalue weighted by Crippen LogP contribution is -2.52. The van der Waals surface area contributed by atoms with Crippen molar-refractivity contribution in [2.75, 3.05) is 46.4 Å². The fourth-order valence-corrected chi connectivity index (χ4v) is 8.57. The number of aromatic amines is 1. The Labute approximate surface area is 372 Å². The molecule has 0 spiro atoms. The molecule has 3 fully saturated rings. The number of phenols is 1. The molecule has 2 bridgehead atoms. The number of likely N-dealkylation sites (N-methyl/N-ethyl adjacent to an activating group) is 1. The van der Waals surface area contributed by atoms with Crippen LogP contribution >= 0.6 is 0 Å². The molecule has 0 aliphatic carbocycles. The van der Waals surface area contributed by atoms with Crippen LogP contribution in [0, 0.1) is 5.92 Å². The molecule has 1 aromatic heterocycles. The first kappa shape index (κ1) is 44.1. The third-order valence-corrected chi connectivity index (χ3v) is 12.2. The normalized spacial score (nSPS) is 17.8. The second-order valence-electron chi connectivity index (χ2n) is 16.7. The van der Waals surface area contributed by atoms with Crippen LogP contribution in [0.4, 0.5) is 4.79 Å². The van der Waals surface area contributed by atoms with Crippen molar-refractivity contribution in [1.29, 1.82) is 0 Å². The van der Waals surface area contributed by atoms with Crippen molar-refractivity contribution in [3.05, 3.63) is 177 Å². The Morgan fingerprint density at radius 1 is 0.859 bits per heavy atom. The number of piperidine rings is 3. The van der Waals surface area contributed by atoms with Crippen LogP contribution in [0.2, 0.25) is 0 Å². The number of nitrogens with one attached hydrogen (secondary N) is 3. The predicted octanol–water partition coefficient (Wildman–Crippen LogP) is 6.83. The van der Waals surface area contributed by atoms with Crippen LogP contribution in [0.5, 0.6) is 11.5 Å². The van der Waals surface area contributed by atoms with Crippen LogP contribution in [0.3, 0.4) is 0 Å². The first-order chi connectivity index (χ1) is 31.1. The number of esters is 1. The summed E-state index contributed by atoms with van der Waals surface area (Å²) < 4.78 is 17.8. The molecule has 1 amide bonds. The molecule has 0 radical (unpaired) electrons. The first-order valence-corrected chi connectivity index (χ1v) is 21.9. The highest BCUT2D eigenvalue weighted by Gasteiger charge is 2.37. The van der Waals surface area contributed by atoms with Gasteiger partial charge in [0.1, 0.15) is 30.8 Å². The number of phenolic OH excluding ortho intramolecular Hbond substituents is 1. The van der Waals surface area contributed by atoms with Gasteiger partial charge >= 0.3 is 12.1 Å². The summed E-state index contributed by atoms with van der Waals surface area (Å²) in [7, 11) is 1.98. The number of aromatic nitrogens is 1. The Morgan fingerprint density at radius 2 is 1.59 bits per heavy atom. The number of nitrogens with zero attached hydrogens (tertiary/aromatic N) is 2. The van der Waals surface area contributed by atoms with Gasteiger partial charge in [-0.3, -0.25) is 14.6 Å². The molecular formula is C51H55N5O8. The van der Waals surface area contributed by atoms with Gasteiger partial charge in [-0.05, 0) is 109 Å². The molecule has 3 aliphatic heterocycles. The maximum atomic E-state index is 13.2. The van der Waals surface area contributed by atoms with E-state index < -0.39 is 24.2 Å². The highest BCUT2D eigenvalue weighted by Crippen LogP contribution is 2.32. The van der Waals surface area contributed by atoms with Crippen LogP contribution < -0.4 is 20.9 Å². The van der Waals surface area contributed by atoms with Gasteiger partial charge in [-0.15, -0.1) is 0 Å². The lowest BCUT2D eigenvalue weighted by atomic mass is 9.86. The summed E-state index contributed by atoms with van der Waals surface area (Å²) in [6.07, 6.45) is 0.786. The number of carbonyl (C=O) groups excluding carboxylic acids is 2. The fourth-order valence-electron chi connectivity index (χ4n) is 8.57. The molecule has 332 valence electrons. The molecule has 3 aliphatic rings. The number of hydrogen-bond acceptors (Lipinski definition) is 11. The number of H-pyrrole nitrogens is 1. The molecule has 6 aromatic rings. The zero-order valence-electron chi connectivity index (χ0n) is 36.0. The van der Waals surface area contributed by atoms with Crippen LogP contribution in [0.1, 0.15) is 68.7 Å². The molecule has 64 heavy (non-hydrogen) atoms. The van der Waals surface area contributed by atoms with Crippen LogP contribution in [0.25, 0.3) is 10.9 Å². The lowest BCUT2D eigenvalue weighted by Gasteiger charge is -2.43. The molecule has 3 atom stereocenters. The second-order valence-corrected chi connectivity index (χ2v) is 16.7. The Hall–Kier alpha value is -6.51. The summed E-state index contributed by atoms with van der Waals surface area (Å²) in [5.41, 5.74) is 5.92. The van der Waals surface area contributed by atoms with Crippen LogP contribution in [-0.4, -0.2) is 89.5 Å². The highest BCUT2D eigenvalue weighted by atomic mass is 16.6. The summed E-state index contributed by atoms with van der Waals surface area (Å²) in [4.78, 5) is 44.9. The average molecular weight is 866 g/mol. The van der Waals surface area contributed by atoms with Gasteiger partial charge in [0.25, 0.3) is 0 Å². The number of hydrogen-bond donors (Lipinski definition) is 5. The largest absolute Gasteiger partial charge is 0.506 e. The molecule has 5 aromatic carbocycles. The zero-order valence-corrected chi connectivity index (χ0v) is 36.0. The standard InChI is InChI=1S/C51H55N5O8/c1-55(31-35-12-10-34(11-13-35)29-52-30-45(58)42-18-20-44(57)49-43(42)19-21-47(59)53-49)26-27-62-50(60)39-16-14-36(15-17-39)33-63-41-9-5-8-40(28-41)48(38-6-3-2-4-7-38)54-51(61)64-46-32-56-24-22-37(46)23-25-56/h2-21,28,37,45-46,48,52,57-58H,22-27,29-33H2,1H3,(H,53,59)(H,54,61)/t45-,46-,48?/m0/s1. The number of rotatable bonds is 18.